The van der Waals surface area contributed by atoms with Crippen LogP contribution in [0.2, 0.25) is 0 Å². The van der Waals surface area contributed by atoms with E-state index in [1.165, 1.54) is 45.9 Å². The number of aromatic nitrogens is 2. The minimum absolute atomic E-state index is 0.121. The number of rotatable bonds is 4. The van der Waals surface area contributed by atoms with E-state index in [0.29, 0.717) is 12.3 Å². The Labute approximate surface area is 207 Å². The summed E-state index contributed by atoms with van der Waals surface area (Å²) in [6.45, 7) is 5.71. The van der Waals surface area contributed by atoms with Crippen LogP contribution in [0.4, 0.5) is 0 Å². The Morgan fingerprint density at radius 1 is 1.09 bits per heavy atom. The van der Waals surface area contributed by atoms with Crippen molar-refractivity contribution in [1.82, 2.24) is 9.88 Å². The van der Waals surface area contributed by atoms with Gasteiger partial charge in [0, 0.05) is 42.9 Å². The van der Waals surface area contributed by atoms with Crippen molar-refractivity contribution in [2.24, 2.45) is 5.92 Å². The SMILES string of the molecule is COc1cc(C)cc2c1C(C1CCN(C(=O)Cc3cc[n+]([O-])cc3)CC1)c1ncc(C)cc1CC2. The molecule has 1 aliphatic carbocycles. The first kappa shape index (κ1) is 23.3. The van der Waals surface area contributed by atoms with Crippen molar-refractivity contribution in [1.29, 1.82) is 0 Å². The molecule has 1 amide bonds. The lowest BCUT2D eigenvalue weighted by Gasteiger charge is -2.37. The van der Waals surface area contributed by atoms with Gasteiger partial charge in [-0.3, -0.25) is 9.78 Å². The Kier molecular flexibility index (Phi) is 6.46. The number of likely N-dealkylation sites (tertiary alicyclic amines) is 1. The third kappa shape index (κ3) is 4.75. The second-order valence-electron chi connectivity index (χ2n) is 10.0. The van der Waals surface area contributed by atoms with E-state index in [1.54, 1.807) is 19.2 Å². The summed E-state index contributed by atoms with van der Waals surface area (Å²) in [5.74, 6) is 1.63. The summed E-state index contributed by atoms with van der Waals surface area (Å²) in [7, 11) is 1.76. The van der Waals surface area contributed by atoms with E-state index >= 15 is 0 Å². The fraction of sp³-hybridized carbons (Fsp3) is 0.414. The number of ether oxygens (including phenoxy) is 1. The molecule has 2 aliphatic rings. The number of carbonyl (C=O) groups is 1. The highest BCUT2D eigenvalue weighted by Crippen LogP contribution is 2.46. The van der Waals surface area contributed by atoms with E-state index in [-0.39, 0.29) is 11.8 Å². The standard InChI is InChI=1S/C29H33N3O3/c1-19-14-23-4-5-24-15-20(2)18-30-29(24)28(27(23)25(16-19)35-3)22-8-10-31(11-9-22)26(33)17-21-6-12-32(34)13-7-21/h6-7,12-16,18,22,28H,4-5,8-11,17H2,1-3H3. The van der Waals surface area contributed by atoms with E-state index in [1.807, 2.05) is 11.1 Å². The zero-order chi connectivity index (χ0) is 24.5. The van der Waals surface area contributed by atoms with Gasteiger partial charge in [0.05, 0.1) is 19.2 Å². The predicted molar refractivity (Wildman–Crippen MR) is 134 cm³/mol. The molecule has 35 heavy (non-hydrogen) atoms. The van der Waals surface area contributed by atoms with Crippen LogP contribution in [0.3, 0.4) is 0 Å². The van der Waals surface area contributed by atoms with Crippen molar-refractivity contribution >= 4 is 5.91 Å². The topological polar surface area (TPSA) is 69.4 Å². The lowest BCUT2D eigenvalue weighted by Crippen LogP contribution is -2.41. The number of amides is 1. The van der Waals surface area contributed by atoms with Gasteiger partial charge in [0.15, 0.2) is 12.4 Å². The molecule has 1 fully saturated rings. The Bertz CT molecular complexity index is 1230. The van der Waals surface area contributed by atoms with Gasteiger partial charge in [-0.1, -0.05) is 12.1 Å². The number of hydrogen-bond acceptors (Lipinski definition) is 4. The molecule has 0 N–H and O–H groups in total. The molecule has 6 nitrogen and oxygen atoms in total. The maximum Gasteiger partial charge on any atom is 0.226 e. The summed E-state index contributed by atoms with van der Waals surface area (Å²) >= 11 is 0. The molecular weight excluding hydrogens is 438 g/mol. The van der Waals surface area contributed by atoms with Crippen molar-refractivity contribution in [3.8, 4) is 5.75 Å². The third-order valence-corrected chi connectivity index (χ3v) is 7.59. The second kappa shape index (κ2) is 9.68. The van der Waals surface area contributed by atoms with Crippen molar-refractivity contribution in [2.75, 3.05) is 20.2 Å². The van der Waals surface area contributed by atoms with Crippen molar-refractivity contribution in [2.45, 2.75) is 51.9 Å². The van der Waals surface area contributed by atoms with Gasteiger partial charge in [0.2, 0.25) is 5.91 Å². The smallest absolute Gasteiger partial charge is 0.226 e. The summed E-state index contributed by atoms with van der Waals surface area (Å²) in [6, 6.07) is 10.2. The monoisotopic (exact) mass is 471 g/mol. The minimum atomic E-state index is 0.121. The maximum absolute atomic E-state index is 13.0. The molecule has 6 heteroatoms. The van der Waals surface area contributed by atoms with Crippen LogP contribution in [0.1, 0.15) is 57.8 Å². The van der Waals surface area contributed by atoms with E-state index in [4.69, 9.17) is 9.72 Å². The Balaban J connectivity index is 1.42. The first-order chi connectivity index (χ1) is 16.9. The van der Waals surface area contributed by atoms with Crippen LogP contribution in [0, 0.1) is 25.0 Å². The number of methoxy groups -OCH3 is 1. The molecule has 3 heterocycles. The number of aryl methyl sites for hydroxylation is 4. The van der Waals surface area contributed by atoms with Gasteiger partial charge in [-0.05, 0) is 79.3 Å². The van der Waals surface area contributed by atoms with E-state index in [0.717, 1.165) is 54.8 Å². The van der Waals surface area contributed by atoms with Crippen molar-refractivity contribution in [3.05, 3.63) is 93.2 Å². The van der Waals surface area contributed by atoms with Crippen LogP contribution in [0.15, 0.2) is 48.9 Å². The van der Waals surface area contributed by atoms with Crippen LogP contribution in [-0.4, -0.2) is 36.0 Å². The molecule has 1 unspecified atom stereocenters. The van der Waals surface area contributed by atoms with Crippen LogP contribution < -0.4 is 9.47 Å². The highest BCUT2D eigenvalue weighted by molar-refractivity contribution is 5.78. The maximum atomic E-state index is 13.0. The summed E-state index contributed by atoms with van der Waals surface area (Å²) < 4.78 is 6.67. The molecule has 5 rings (SSSR count). The number of fused-ring (bicyclic) bond motifs is 2. The second-order valence-corrected chi connectivity index (χ2v) is 10.0. The normalized spacial score (nSPS) is 17.9. The van der Waals surface area contributed by atoms with E-state index < -0.39 is 0 Å². The fourth-order valence-corrected chi connectivity index (χ4v) is 5.88. The van der Waals surface area contributed by atoms with E-state index in [2.05, 4.69) is 32.0 Å². The summed E-state index contributed by atoms with van der Waals surface area (Å²) in [6.07, 6.45) is 9.03. The Morgan fingerprint density at radius 2 is 1.77 bits per heavy atom. The number of hydrogen-bond donors (Lipinski definition) is 0. The first-order valence-electron chi connectivity index (χ1n) is 12.5. The quantitative estimate of drug-likeness (QED) is 0.425. The van der Waals surface area contributed by atoms with Gasteiger partial charge < -0.3 is 14.8 Å². The molecule has 182 valence electrons. The van der Waals surface area contributed by atoms with Gasteiger partial charge in [-0.2, -0.15) is 4.73 Å². The van der Waals surface area contributed by atoms with Crippen LogP contribution >= 0.6 is 0 Å². The highest BCUT2D eigenvalue weighted by Gasteiger charge is 2.36. The predicted octanol–water partition coefficient (Wildman–Crippen LogP) is 4.05. The molecule has 2 aromatic heterocycles. The summed E-state index contributed by atoms with van der Waals surface area (Å²) in [5.41, 5.74) is 8.45. The van der Waals surface area contributed by atoms with Gasteiger partial charge in [0.1, 0.15) is 5.75 Å². The summed E-state index contributed by atoms with van der Waals surface area (Å²) in [5, 5.41) is 11.3. The van der Waals surface area contributed by atoms with Crippen LogP contribution in [0.5, 0.6) is 5.75 Å². The first-order valence-corrected chi connectivity index (χ1v) is 12.5. The van der Waals surface area contributed by atoms with Gasteiger partial charge in [0.25, 0.3) is 0 Å². The Hall–Kier alpha value is -3.41. The average Bonchev–Trinajstić information content (AvgIpc) is 3.01. The minimum Gasteiger partial charge on any atom is -0.619 e. The molecule has 0 radical (unpaired) electrons. The third-order valence-electron chi connectivity index (χ3n) is 7.59. The number of piperidine rings is 1. The highest BCUT2D eigenvalue weighted by atomic mass is 16.5. The average molecular weight is 472 g/mol. The van der Waals surface area contributed by atoms with Crippen molar-refractivity contribution in [3.63, 3.8) is 0 Å². The van der Waals surface area contributed by atoms with Gasteiger partial charge >= 0.3 is 0 Å². The molecule has 0 bridgehead atoms. The zero-order valence-electron chi connectivity index (χ0n) is 20.8. The lowest BCUT2D eigenvalue weighted by atomic mass is 9.75. The largest absolute Gasteiger partial charge is 0.619 e. The number of pyridine rings is 2. The molecule has 1 saturated heterocycles. The Morgan fingerprint density at radius 3 is 2.49 bits per heavy atom. The van der Waals surface area contributed by atoms with E-state index in [9.17, 15) is 10.0 Å². The molecule has 3 aromatic rings. The number of nitrogens with zero attached hydrogens (tertiary/aromatic N) is 3. The van der Waals surface area contributed by atoms with Crippen molar-refractivity contribution < 1.29 is 14.3 Å². The molecule has 1 aromatic carbocycles. The molecule has 1 atom stereocenters. The van der Waals surface area contributed by atoms with Gasteiger partial charge in [-0.15, -0.1) is 0 Å². The van der Waals surface area contributed by atoms with Gasteiger partial charge in [-0.25, -0.2) is 0 Å². The molecular formula is C29H33N3O3. The molecule has 0 saturated carbocycles. The molecule has 0 spiro atoms. The fourth-order valence-electron chi connectivity index (χ4n) is 5.88. The van der Waals surface area contributed by atoms with Crippen LogP contribution in [0.25, 0.3) is 0 Å². The zero-order valence-corrected chi connectivity index (χ0v) is 20.8. The molecule has 1 aliphatic heterocycles. The number of benzene rings is 1. The number of carbonyl (C=O) groups excluding carboxylic acids is 1. The van der Waals surface area contributed by atoms with Crippen LogP contribution in [-0.2, 0) is 24.1 Å². The summed E-state index contributed by atoms with van der Waals surface area (Å²) in [4.78, 5) is 19.9. The lowest BCUT2D eigenvalue weighted by molar-refractivity contribution is -0.605.